The zero-order valence-electron chi connectivity index (χ0n) is 13.9. The summed E-state index contributed by atoms with van der Waals surface area (Å²) >= 11 is 0. The van der Waals surface area contributed by atoms with E-state index in [1.54, 1.807) is 29.2 Å². The Bertz CT molecular complexity index is 628. The second-order valence-electron chi connectivity index (χ2n) is 6.14. The van der Waals surface area contributed by atoms with E-state index in [0.29, 0.717) is 18.5 Å². The Hall–Kier alpha value is -2.41. The molecule has 130 valence electrons. The van der Waals surface area contributed by atoms with E-state index in [-0.39, 0.29) is 12.5 Å². The first-order valence-electron chi connectivity index (χ1n) is 7.77. The number of likely N-dealkylation sites (tertiary alicyclic amines) is 1. The molecule has 1 aromatic rings. The Morgan fingerprint density at radius 1 is 1.33 bits per heavy atom. The third-order valence-corrected chi connectivity index (χ3v) is 4.06. The summed E-state index contributed by atoms with van der Waals surface area (Å²) in [6.07, 6.45) is 1.47. The number of carboxylic acid groups (broad SMARTS) is 1. The van der Waals surface area contributed by atoms with Crippen molar-refractivity contribution in [3.8, 4) is 0 Å². The number of hydrogen-bond donors (Lipinski definition) is 2. The lowest BCUT2D eigenvalue weighted by molar-refractivity contribution is -0.145. The average molecular weight is 334 g/mol. The van der Waals surface area contributed by atoms with Crippen LogP contribution in [0.4, 0.5) is 0 Å². The molecular weight excluding hydrogens is 312 g/mol. The molecule has 24 heavy (non-hydrogen) atoms. The fourth-order valence-electron chi connectivity index (χ4n) is 2.62. The molecule has 1 unspecified atom stereocenters. The maximum absolute atomic E-state index is 12.3. The summed E-state index contributed by atoms with van der Waals surface area (Å²) in [5.41, 5.74) is -0.207. The highest BCUT2D eigenvalue weighted by atomic mass is 16.5. The lowest BCUT2D eigenvalue weighted by Gasteiger charge is -2.25. The van der Waals surface area contributed by atoms with Gasteiger partial charge in [0.2, 0.25) is 5.91 Å². The topological polar surface area (TPSA) is 95.9 Å². The fraction of sp³-hybridized carbons (Fsp3) is 0.471. The standard InChI is InChI=1S/C17H22N2O5/c1-17(11-24-2,16(22)23)18-15(21)13-7-5-12(6-8-13)10-19-9-3-4-14(19)20/h5-8H,3-4,9-11H2,1-2H3,(H,18,21)(H,22,23). The Balaban J connectivity index is 2.02. The van der Waals surface area contributed by atoms with E-state index >= 15 is 0 Å². The van der Waals surface area contributed by atoms with Crippen LogP contribution in [0.1, 0.15) is 35.7 Å². The van der Waals surface area contributed by atoms with Crippen LogP contribution in [0.25, 0.3) is 0 Å². The molecule has 0 spiro atoms. The molecule has 0 saturated carbocycles. The van der Waals surface area contributed by atoms with Gasteiger partial charge < -0.3 is 20.1 Å². The minimum Gasteiger partial charge on any atom is -0.479 e. The van der Waals surface area contributed by atoms with E-state index < -0.39 is 17.4 Å². The quantitative estimate of drug-likeness (QED) is 0.776. The van der Waals surface area contributed by atoms with Crippen molar-refractivity contribution < 1.29 is 24.2 Å². The zero-order valence-corrected chi connectivity index (χ0v) is 13.9. The number of carbonyl (C=O) groups is 3. The van der Waals surface area contributed by atoms with Crippen molar-refractivity contribution >= 4 is 17.8 Å². The molecule has 7 heteroatoms. The van der Waals surface area contributed by atoms with Gasteiger partial charge in [-0.05, 0) is 31.0 Å². The summed E-state index contributed by atoms with van der Waals surface area (Å²) < 4.78 is 4.88. The number of carboxylic acids is 1. The summed E-state index contributed by atoms with van der Waals surface area (Å²) in [5, 5.41) is 11.7. The lowest BCUT2D eigenvalue weighted by atomic mass is 10.0. The fourth-order valence-corrected chi connectivity index (χ4v) is 2.62. The molecule has 1 saturated heterocycles. The van der Waals surface area contributed by atoms with E-state index in [4.69, 9.17) is 4.74 Å². The Kier molecular flexibility index (Phi) is 5.56. The molecule has 1 heterocycles. The molecule has 1 aliphatic rings. The summed E-state index contributed by atoms with van der Waals surface area (Å²) in [5.74, 6) is -1.50. The van der Waals surface area contributed by atoms with Crippen molar-refractivity contribution in [2.45, 2.75) is 31.8 Å². The highest BCUT2D eigenvalue weighted by Crippen LogP contribution is 2.15. The number of aliphatic carboxylic acids is 1. The minimum absolute atomic E-state index is 0.136. The first-order chi connectivity index (χ1) is 11.4. The van der Waals surface area contributed by atoms with Gasteiger partial charge in [0, 0.05) is 32.2 Å². The summed E-state index contributed by atoms with van der Waals surface area (Å²) in [6.45, 7) is 2.54. The highest BCUT2D eigenvalue weighted by Gasteiger charge is 2.35. The number of nitrogens with one attached hydrogen (secondary N) is 1. The zero-order chi connectivity index (χ0) is 17.7. The second kappa shape index (κ2) is 7.44. The van der Waals surface area contributed by atoms with Crippen LogP contribution in [0.5, 0.6) is 0 Å². The van der Waals surface area contributed by atoms with Crippen molar-refractivity contribution in [2.24, 2.45) is 0 Å². The Morgan fingerprint density at radius 2 is 2.00 bits per heavy atom. The minimum atomic E-state index is -1.49. The van der Waals surface area contributed by atoms with Crippen molar-refractivity contribution in [3.05, 3.63) is 35.4 Å². The van der Waals surface area contributed by atoms with Crippen LogP contribution in [0.3, 0.4) is 0 Å². The van der Waals surface area contributed by atoms with E-state index in [1.165, 1.54) is 14.0 Å². The summed E-state index contributed by atoms with van der Waals surface area (Å²) in [4.78, 5) is 37.0. The molecule has 2 N–H and O–H groups in total. The number of nitrogens with zero attached hydrogens (tertiary/aromatic N) is 1. The molecule has 2 amide bonds. The maximum Gasteiger partial charge on any atom is 0.331 e. The SMILES string of the molecule is COCC(C)(NC(=O)c1ccc(CN2CCCC2=O)cc1)C(=O)O. The highest BCUT2D eigenvalue weighted by molar-refractivity contribution is 5.97. The predicted octanol–water partition coefficient (Wildman–Crippen LogP) is 1.03. The second-order valence-corrected chi connectivity index (χ2v) is 6.14. The van der Waals surface area contributed by atoms with Gasteiger partial charge in [0.25, 0.3) is 5.91 Å². The van der Waals surface area contributed by atoms with E-state index in [2.05, 4.69) is 5.32 Å². The van der Waals surface area contributed by atoms with Crippen molar-refractivity contribution in [1.29, 1.82) is 0 Å². The summed E-state index contributed by atoms with van der Waals surface area (Å²) in [7, 11) is 1.38. The summed E-state index contributed by atoms with van der Waals surface area (Å²) in [6, 6.07) is 6.80. The van der Waals surface area contributed by atoms with Crippen LogP contribution < -0.4 is 5.32 Å². The van der Waals surface area contributed by atoms with E-state index in [0.717, 1.165) is 18.5 Å². The molecule has 1 atom stereocenters. The first-order valence-corrected chi connectivity index (χ1v) is 7.77. The van der Waals surface area contributed by atoms with Crippen molar-refractivity contribution in [2.75, 3.05) is 20.3 Å². The Labute approximate surface area is 140 Å². The van der Waals surface area contributed by atoms with Gasteiger partial charge in [-0.1, -0.05) is 12.1 Å². The molecule has 2 rings (SSSR count). The predicted molar refractivity (Wildman–Crippen MR) is 86.5 cm³/mol. The number of carbonyl (C=O) groups excluding carboxylic acids is 2. The number of amides is 2. The molecule has 1 aromatic carbocycles. The number of benzene rings is 1. The van der Waals surface area contributed by atoms with Crippen LogP contribution in [-0.4, -0.2) is 53.6 Å². The van der Waals surface area contributed by atoms with Crippen LogP contribution in [0.15, 0.2) is 24.3 Å². The molecule has 0 aliphatic carbocycles. The van der Waals surface area contributed by atoms with Gasteiger partial charge in [-0.3, -0.25) is 9.59 Å². The first kappa shape index (κ1) is 17.9. The van der Waals surface area contributed by atoms with Crippen LogP contribution >= 0.6 is 0 Å². The van der Waals surface area contributed by atoms with Gasteiger partial charge in [-0.2, -0.15) is 0 Å². The van der Waals surface area contributed by atoms with Gasteiger partial charge in [0.15, 0.2) is 5.54 Å². The van der Waals surface area contributed by atoms with Gasteiger partial charge in [-0.25, -0.2) is 4.79 Å². The van der Waals surface area contributed by atoms with Crippen LogP contribution in [0, 0.1) is 0 Å². The molecule has 0 bridgehead atoms. The molecular formula is C17H22N2O5. The van der Waals surface area contributed by atoms with Crippen molar-refractivity contribution in [3.63, 3.8) is 0 Å². The van der Waals surface area contributed by atoms with E-state index in [1.807, 2.05) is 0 Å². The lowest BCUT2D eigenvalue weighted by Crippen LogP contribution is -2.55. The smallest absolute Gasteiger partial charge is 0.331 e. The largest absolute Gasteiger partial charge is 0.479 e. The van der Waals surface area contributed by atoms with Crippen LogP contribution in [0.2, 0.25) is 0 Å². The van der Waals surface area contributed by atoms with E-state index in [9.17, 15) is 19.5 Å². The van der Waals surface area contributed by atoms with Gasteiger partial charge in [0.1, 0.15) is 0 Å². The number of methoxy groups -OCH3 is 1. The molecule has 7 nitrogen and oxygen atoms in total. The third-order valence-electron chi connectivity index (χ3n) is 4.06. The number of ether oxygens (including phenoxy) is 1. The number of hydrogen-bond acceptors (Lipinski definition) is 4. The van der Waals surface area contributed by atoms with Gasteiger partial charge in [0.05, 0.1) is 6.61 Å². The van der Waals surface area contributed by atoms with Gasteiger partial charge in [-0.15, -0.1) is 0 Å². The average Bonchev–Trinajstić information content (AvgIpc) is 2.93. The van der Waals surface area contributed by atoms with Crippen LogP contribution in [-0.2, 0) is 20.9 Å². The molecule has 0 aromatic heterocycles. The molecule has 0 radical (unpaired) electrons. The third kappa shape index (κ3) is 4.11. The maximum atomic E-state index is 12.3. The molecule has 1 aliphatic heterocycles. The number of rotatable bonds is 7. The Morgan fingerprint density at radius 3 is 2.50 bits per heavy atom. The molecule has 1 fully saturated rings. The normalized spacial score (nSPS) is 16.8. The monoisotopic (exact) mass is 334 g/mol. The van der Waals surface area contributed by atoms with Gasteiger partial charge >= 0.3 is 5.97 Å². The van der Waals surface area contributed by atoms with Crippen molar-refractivity contribution in [1.82, 2.24) is 10.2 Å².